The molecule has 0 radical (unpaired) electrons. The van der Waals surface area contributed by atoms with Gasteiger partial charge in [-0.1, -0.05) is 18.5 Å². The number of halogens is 1. The van der Waals surface area contributed by atoms with Crippen LogP contribution in [-0.2, 0) is 0 Å². The monoisotopic (exact) mass is 254 g/mol. The third-order valence-corrected chi connectivity index (χ3v) is 3.27. The van der Waals surface area contributed by atoms with Crippen LogP contribution in [0.3, 0.4) is 0 Å². The van der Waals surface area contributed by atoms with E-state index in [9.17, 15) is 4.79 Å². The number of pyridine rings is 1. The molecule has 0 bridgehead atoms. The van der Waals surface area contributed by atoms with Gasteiger partial charge in [0.1, 0.15) is 11.0 Å². The van der Waals surface area contributed by atoms with E-state index in [1.807, 2.05) is 0 Å². The van der Waals surface area contributed by atoms with Crippen molar-refractivity contribution < 1.29 is 9.90 Å². The molecule has 0 aromatic carbocycles. The highest BCUT2D eigenvalue weighted by atomic mass is 35.5. The summed E-state index contributed by atoms with van der Waals surface area (Å²) in [5, 5.41) is 12.2. The van der Waals surface area contributed by atoms with E-state index in [0.717, 1.165) is 12.5 Å². The molecule has 0 saturated heterocycles. The maximum absolute atomic E-state index is 10.8. The van der Waals surface area contributed by atoms with Crippen LogP contribution in [0, 0.1) is 11.8 Å². The van der Waals surface area contributed by atoms with E-state index in [1.54, 1.807) is 0 Å². The molecule has 4 nitrogen and oxygen atoms in total. The largest absolute Gasteiger partial charge is 0.478 e. The Labute approximate surface area is 105 Å². The van der Waals surface area contributed by atoms with E-state index in [-0.39, 0.29) is 10.7 Å². The molecule has 1 heterocycles. The smallest absolute Gasteiger partial charge is 0.335 e. The molecule has 2 rings (SSSR count). The maximum atomic E-state index is 10.8. The van der Waals surface area contributed by atoms with Gasteiger partial charge in [-0.25, -0.2) is 9.78 Å². The number of carboxylic acids is 1. The SMILES string of the molecule is CC(CNc1cc(C(=O)O)cc(Cl)n1)C1CC1. The Kier molecular flexibility index (Phi) is 3.52. The zero-order valence-corrected chi connectivity index (χ0v) is 10.4. The van der Waals surface area contributed by atoms with E-state index in [4.69, 9.17) is 16.7 Å². The molecule has 1 aliphatic rings. The number of carbonyl (C=O) groups is 1. The standard InChI is InChI=1S/C12H15ClN2O2/c1-7(8-2-3-8)6-14-11-5-9(12(16)17)4-10(13)15-11/h4-5,7-8H,2-3,6H2,1H3,(H,14,15)(H,16,17). The fourth-order valence-electron chi connectivity index (χ4n) is 1.81. The average molecular weight is 255 g/mol. The fraction of sp³-hybridized carbons (Fsp3) is 0.500. The summed E-state index contributed by atoms with van der Waals surface area (Å²) in [6.45, 7) is 2.99. The summed E-state index contributed by atoms with van der Waals surface area (Å²) in [6.07, 6.45) is 2.60. The van der Waals surface area contributed by atoms with Gasteiger partial charge in [-0.05, 0) is 36.8 Å². The zero-order valence-electron chi connectivity index (χ0n) is 9.61. The number of hydrogen-bond donors (Lipinski definition) is 2. The van der Waals surface area contributed by atoms with Crippen LogP contribution in [0.1, 0.15) is 30.1 Å². The first-order chi connectivity index (χ1) is 8.06. The van der Waals surface area contributed by atoms with Crippen LogP contribution in [0.15, 0.2) is 12.1 Å². The van der Waals surface area contributed by atoms with Crippen molar-refractivity contribution in [2.45, 2.75) is 19.8 Å². The van der Waals surface area contributed by atoms with Gasteiger partial charge in [-0.15, -0.1) is 0 Å². The van der Waals surface area contributed by atoms with Crippen molar-refractivity contribution in [2.75, 3.05) is 11.9 Å². The van der Waals surface area contributed by atoms with Crippen LogP contribution < -0.4 is 5.32 Å². The lowest BCUT2D eigenvalue weighted by molar-refractivity contribution is 0.0697. The summed E-state index contributed by atoms with van der Waals surface area (Å²) in [7, 11) is 0. The van der Waals surface area contributed by atoms with Crippen LogP contribution in [0.2, 0.25) is 5.15 Å². The number of rotatable bonds is 5. The second-order valence-corrected chi connectivity index (χ2v) is 4.95. The molecular formula is C12H15ClN2O2. The lowest BCUT2D eigenvalue weighted by atomic mass is 10.1. The highest BCUT2D eigenvalue weighted by Gasteiger charge is 2.27. The number of nitrogens with one attached hydrogen (secondary N) is 1. The van der Waals surface area contributed by atoms with Gasteiger partial charge < -0.3 is 10.4 Å². The number of nitrogens with zero attached hydrogens (tertiary/aromatic N) is 1. The third kappa shape index (κ3) is 3.33. The van der Waals surface area contributed by atoms with E-state index < -0.39 is 5.97 Å². The molecular weight excluding hydrogens is 240 g/mol. The maximum Gasteiger partial charge on any atom is 0.335 e. The van der Waals surface area contributed by atoms with Gasteiger partial charge in [0.2, 0.25) is 0 Å². The Balaban J connectivity index is 2.01. The number of anilines is 1. The summed E-state index contributed by atoms with van der Waals surface area (Å²) >= 11 is 5.77. The number of aromatic nitrogens is 1. The minimum absolute atomic E-state index is 0.159. The molecule has 1 fully saturated rings. The first kappa shape index (κ1) is 12.2. The summed E-state index contributed by atoms with van der Waals surface area (Å²) in [5.74, 6) is 0.930. The molecule has 0 aliphatic heterocycles. The van der Waals surface area contributed by atoms with Crippen LogP contribution >= 0.6 is 11.6 Å². The number of carboxylic acid groups (broad SMARTS) is 1. The van der Waals surface area contributed by atoms with Gasteiger partial charge >= 0.3 is 5.97 Å². The molecule has 0 amide bonds. The first-order valence-corrected chi connectivity index (χ1v) is 6.09. The third-order valence-electron chi connectivity index (χ3n) is 3.07. The van der Waals surface area contributed by atoms with Gasteiger partial charge in [0.05, 0.1) is 5.56 Å². The highest BCUT2D eigenvalue weighted by molar-refractivity contribution is 6.29. The molecule has 1 aromatic heterocycles. The fourth-order valence-corrected chi connectivity index (χ4v) is 2.02. The molecule has 1 unspecified atom stereocenters. The van der Waals surface area contributed by atoms with Gasteiger partial charge in [-0.3, -0.25) is 0 Å². The molecule has 17 heavy (non-hydrogen) atoms. The molecule has 0 spiro atoms. The summed E-state index contributed by atoms with van der Waals surface area (Å²) in [6, 6.07) is 2.85. The van der Waals surface area contributed by atoms with Crippen molar-refractivity contribution in [1.29, 1.82) is 0 Å². The topological polar surface area (TPSA) is 62.2 Å². The van der Waals surface area contributed by atoms with Crippen molar-refractivity contribution >= 4 is 23.4 Å². The Morgan fingerprint density at radius 1 is 1.65 bits per heavy atom. The predicted molar refractivity (Wildman–Crippen MR) is 66.6 cm³/mol. The Morgan fingerprint density at radius 2 is 2.35 bits per heavy atom. The number of hydrogen-bond acceptors (Lipinski definition) is 3. The van der Waals surface area contributed by atoms with E-state index >= 15 is 0 Å². The van der Waals surface area contributed by atoms with E-state index in [2.05, 4.69) is 17.2 Å². The Bertz CT molecular complexity index is 433. The van der Waals surface area contributed by atoms with Crippen LogP contribution in [0.4, 0.5) is 5.82 Å². The van der Waals surface area contributed by atoms with Crippen molar-refractivity contribution in [3.05, 3.63) is 22.8 Å². The average Bonchev–Trinajstić information content (AvgIpc) is 3.08. The summed E-state index contributed by atoms with van der Waals surface area (Å²) in [4.78, 5) is 14.9. The summed E-state index contributed by atoms with van der Waals surface area (Å²) in [5.41, 5.74) is 0.159. The quantitative estimate of drug-likeness (QED) is 0.793. The van der Waals surface area contributed by atoms with E-state index in [1.165, 1.54) is 25.0 Å². The second-order valence-electron chi connectivity index (χ2n) is 4.56. The number of aromatic carboxylic acids is 1. The van der Waals surface area contributed by atoms with Crippen LogP contribution in [0.25, 0.3) is 0 Å². The van der Waals surface area contributed by atoms with Crippen molar-refractivity contribution in [3.8, 4) is 0 Å². The molecule has 1 aliphatic carbocycles. The van der Waals surface area contributed by atoms with Gasteiger partial charge in [0.15, 0.2) is 0 Å². The normalized spacial score (nSPS) is 16.6. The molecule has 2 N–H and O–H groups in total. The van der Waals surface area contributed by atoms with Gasteiger partial charge in [0.25, 0.3) is 0 Å². The van der Waals surface area contributed by atoms with Crippen LogP contribution in [-0.4, -0.2) is 22.6 Å². The molecule has 92 valence electrons. The van der Waals surface area contributed by atoms with Gasteiger partial charge in [-0.2, -0.15) is 0 Å². The van der Waals surface area contributed by atoms with Crippen molar-refractivity contribution in [1.82, 2.24) is 4.98 Å². The molecule has 1 atom stereocenters. The predicted octanol–water partition coefficient (Wildman–Crippen LogP) is 2.89. The Hall–Kier alpha value is -1.29. The lowest BCUT2D eigenvalue weighted by Gasteiger charge is -2.12. The van der Waals surface area contributed by atoms with Crippen molar-refractivity contribution in [3.63, 3.8) is 0 Å². The highest BCUT2D eigenvalue weighted by Crippen LogP contribution is 2.36. The van der Waals surface area contributed by atoms with E-state index in [0.29, 0.717) is 11.7 Å². The second kappa shape index (κ2) is 4.92. The summed E-state index contributed by atoms with van der Waals surface area (Å²) < 4.78 is 0. The Morgan fingerprint density at radius 3 is 2.94 bits per heavy atom. The molecule has 5 heteroatoms. The lowest BCUT2D eigenvalue weighted by Crippen LogP contribution is -2.14. The zero-order chi connectivity index (χ0) is 12.4. The van der Waals surface area contributed by atoms with Gasteiger partial charge in [0, 0.05) is 6.54 Å². The minimum atomic E-state index is -0.993. The molecule has 1 aromatic rings. The van der Waals surface area contributed by atoms with Crippen LogP contribution in [0.5, 0.6) is 0 Å². The molecule has 1 saturated carbocycles. The van der Waals surface area contributed by atoms with Crippen molar-refractivity contribution in [2.24, 2.45) is 11.8 Å². The first-order valence-electron chi connectivity index (χ1n) is 5.71. The minimum Gasteiger partial charge on any atom is -0.478 e.